The second kappa shape index (κ2) is 3.73. The summed E-state index contributed by atoms with van der Waals surface area (Å²) in [7, 11) is 0. The Morgan fingerprint density at radius 1 is 1.71 bits per heavy atom. The molecule has 0 aliphatic carbocycles. The number of hydrogen-bond donors (Lipinski definition) is 2. The van der Waals surface area contributed by atoms with Crippen molar-refractivity contribution in [2.24, 2.45) is 5.92 Å². The van der Waals surface area contributed by atoms with Gasteiger partial charge < -0.3 is 5.32 Å². The normalized spacial score (nSPS) is 13.7. The summed E-state index contributed by atoms with van der Waals surface area (Å²) >= 11 is 0. The fraction of sp³-hybridized carbons (Fsp3) is 0.500. The molecule has 0 aromatic carbocycles. The second-order valence-electron chi connectivity index (χ2n) is 3.14. The first kappa shape index (κ1) is 10.6. The van der Waals surface area contributed by atoms with Crippen molar-refractivity contribution >= 4 is 11.7 Å². The molecule has 78 valence electrons. The summed E-state index contributed by atoms with van der Waals surface area (Å²) in [5.41, 5.74) is 0. The number of rotatable bonds is 3. The van der Waals surface area contributed by atoms with Crippen molar-refractivity contribution < 1.29 is 13.6 Å². The molecule has 0 fully saturated rings. The van der Waals surface area contributed by atoms with E-state index < -0.39 is 17.7 Å². The molecule has 1 atom stereocenters. The molecule has 1 aromatic rings. The van der Waals surface area contributed by atoms with E-state index in [1.807, 2.05) is 0 Å². The number of aromatic nitrogens is 2. The van der Waals surface area contributed by atoms with E-state index in [0.29, 0.717) is 12.7 Å². The maximum absolute atomic E-state index is 12.7. The molecular weight excluding hydrogens is 192 g/mol. The van der Waals surface area contributed by atoms with Gasteiger partial charge in [-0.05, 0) is 6.92 Å². The molecule has 6 heteroatoms. The fourth-order valence-corrected chi connectivity index (χ4v) is 0.797. The lowest BCUT2D eigenvalue weighted by molar-refractivity contribution is -0.130. The predicted molar refractivity (Wildman–Crippen MR) is 47.0 cm³/mol. The van der Waals surface area contributed by atoms with Gasteiger partial charge in [0.2, 0.25) is 5.91 Å². The van der Waals surface area contributed by atoms with Crippen LogP contribution in [0, 0.1) is 5.92 Å². The fourth-order valence-electron chi connectivity index (χ4n) is 0.797. The zero-order valence-electron chi connectivity index (χ0n) is 7.84. The first-order valence-corrected chi connectivity index (χ1v) is 4.09. The number of hydrogen-bond acceptors (Lipinski definition) is 2. The highest BCUT2D eigenvalue weighted by molar-refractivity contribution is 5.91. The van der Waals surface area contributed by atoms with Gasteiger partial charge in [-0.2, -0.15) is 5.10 Å². The van der Waals surface area contributed by atoms with Crippen molar-refractivity contribution in [2.75, 3.05) is 5.32 Å². The Hall–Kier alpha value is -1.46. The van der Waals surface area contributed by atoms with Crippen LogP contribution in [0.2, 0.25) is 0 Å². The molecule has 0 bridgehead atoms. The van der Waals surface area contributed by atoms with Crippen LogP contribution in [0.3, 0.4) is 0 Å². The average molecular weight is 203 g/mol. The monoisotopic (exact) mass is 203 g/mol. The molecule has 0 saturated heterocycles. The van der Waals surface area contributed by atoms with Crippen molar-refractivity contribution in [1.82, 2.24) is 10.2 Å². The van der Waals surface area contributed by atoms with E-state index in [4.69, 9.17) is 0 Å². The lowest BCUT2D eigenvalue weighted by Crippen LogP contribution is -2.33. The number of carbonyl (C=O) groups is 1. The quantitative estimate of drug-likeness (QED) is 0.784. The molecule has 1 unspecified atom stereocenters. The van der Waals surface area contributed by atoms with Crippen LogP contribution >= 0.6 is 0 Å². The molecule has 4 nitrogen and oxygen atoms in total. The van der Waals surface area contributed by atoms with E-state index in [2.05, 4.69) is 15.5 Å². The topological polar surface area (TPSA) is 57.8 Å². The van der Waals surface area contributed by atoms with Gasteiger partial charge in [-0.3, -0.25) is 9.89 Å². The van der Waals surface area contributed by atoms with Gasteiger partial charge in [0.15, 0.2) is 0 Å². The van der Waals surface area contributed by atoms with Crippen molar-refractivity contribution in [3.63, 3.8) is 0 Å². The average Bonchev–Trinajstić information content (AvgIpc) is 2.53. The number of anilines is 1. The Labute approximate surface area is 79.7 Å². The van der Waals surface area contributed by atoms with E-state index in [1.54, 1.807) is 0 Å². The Balaban J connectivity index is 2.59. The highest BCUT2D eigenvalue weighted by atomic mass is 19.3. The van der Waals surface area contributed by atoms with Crippen LogP contribution in [0.1, 0.15) is 13.8 Å². The molecule has 0 radical (unpaired) electrons. The number of H-pyrrole nitrogens is 1. The van der Waals surface area contributed by atoms with Crippen LogP contribution in [-0.2, 0) is 4.79 Å². The molecule has 1 rings (SSSR count). The second-order valence-corrected chi connectivity index (χ2v) is 3.14. The van der Waals surface area contributed by atoms with E-state index in [0.717, 1.165) is 0 Å². The minimum atomic E-state index is -3.02. The number of amides is 1. The summed E-state index contributed by atoms with van der Waals surface area (Å²) in [4.78, 5) is 11.2. The van der Waals surface area contributed by atoms with Crippen LogP contribution in [0.4, 0.5) is 14.6 Å². The van der Waals surface area contributed by atoms with Gasteiger partial charge in [0.05, 0.1) is 12.1 Å². The minimum absolute atomic E-state index is 0.311. The van der Waals surface area contributed by atoms with E-state index in [1.165, 1.54) is 19.2 Å². The summed E-state index contributed by atoms with van der Waals surface area (Å²) in [6, 6.07) is 1.48. The smallest absolute Gasteiger partial charge is 0.256 e. The zero-order chi connectivity index (χ0) is 10.8. The number of nitrogens with one attached hydrogen (secondary N) is 2. The van der Waals surface area contributed by atoms with Gasteiger partial charge in [-0.25, -0.2) is 8.78 Å². The van der Waals surface area contributed by atoms with Gasteiger partial charge in [0.1, 0.15) is 5.82 Å². The molecule has 0 aliphatic heterocycles. The lowest BCUT2D eigenvalue weighted by Gasteiger charge is -2.17. The molecule has 1 aromatic heterocycles. The van der Waals surface area contributed by atoms with E-state index >= 15 is 0 Å². The van der Waals surface area contributed by atoms with Crippen molar-refractivity contribution in [1.29, 1.82) is 0 Å². The van der Waals surface area contributed by atoms with Gasteiger partial charge in [0, 0.05) is 13.0 Å². The SMILES string of the molecule is CC(C(=O)Nc1ccn[nH]1)C(C)(F)F. The van der Waals surface area contributed by atoms with Crippen molar-refractivity contribution in [3.05, 3.63) is 12.3 Å². The third-order valence-corrected chi connectivity index (χ3v) is 1.91. The van der Waals surface area contributed by atoms with Crippen LogP contribution < -0.4 is 5.32 Å². The molecule has 2 N–H and O–H groups in total. The molecule has 0 spiro atoms. The Bertz CT molecular complexity index is 305. The van der Waals surface area contributed by atoms with Gasteiger partial charge in [-0.1, -0.05) is 0 Å². The zero-order valence-corrected chi connectivity index (χ0v) is 7.84. The molecule has 0 saturated carbocycles. The van der Waals surface area contributed by atoms with Crippen LogP contribution in [-0.4, -0.2) is 22.0 Å². The summed E-state index contributed by atoms with van der Waals surface area (Å²) in [6.07, 6.45) is 1.42. The number of carbonyl (C=O) groups excluding carboxylic acids is 1. The van der Waals surface area contributed by atoms with Crippen LogP contribution in [0.5, 0.6) is 0 Å². The van der Waals surface area contributed by atoms with E-state index in [9.17, 15) is 13.6 Å². The summed E-state index contributed by atoms with van der Waals surface area (Å²) < 4.78 is 25.4. The highest BCUT2D eigenvalue weighted by Crippen LogP contribution is 2.24. The maximum Gasteiger partial charge on any atom is 0.256 e. The van der Waals surface area contributed by atoms with Crippen LogP contribution in [0.25, 0.3) is 0 Å². The van der Waals surface area contributed by atoms with Crippen LogP contribution in [0.15, 0.2) is 12.3 Å². The van der Waals surface area contributed by atoms with E-state index in [-0.39, 0.29) is 0 Å². The third-order valence-electron chi connectivity index (χ3n) is 1.91. The Morgan fingerprint density at radius 3 is 2.79 bits per heavy atom. The van der Waals surface area contributed by atoms with Crippen molar-refractivity contribution in [3.8, 4) is 0 Å². The van der Waals surface area contributed by atoms with Crippen molar-refractivity contribution in [2.45, 2.75) is 19.8 Å². The van der Waals surface area contributed by atoms with Gasteiger partial charge >= 0.3 is 0 Å². The standard InChI is InChI=1S/C8H11F2N3O/c1-5(8(2,9)10)7(14)12-6-3-4-11-13-6/h3-5H,1-2H3,(H2,11,12,13,14). The number of nitrogens with zero attached hydrogens (tertiary/aromatic N) is 1. The summed E-state index contributed by atoms with van der Waals surface area (Å²) in [5.74, 6) is -4.82. The highest BCUT2D eigenvalue weighted by Gasteiger charge is 2.35. The molecular formula is C8H11F2N3O. The number of aromatic amines is 1. The largest absolute Gasteiger partial charge is 0.311 e. The maximum atomic E-state index is 12.7. The summed E-state index contributed by atoms with van der Waals surface area (Å²) in [6.45, 7) is 1.88. The molecule has 0 aliphatic rings. The molecule has 1 heterocycles. The Kier molecular flexibility index (Phi) is 2.83. The molecule has 1 amide bonds. The first-order chi connectivity index (χ1) is 6.41. The van der Waals surface area contributed by atoms with Gasteiger partial charge in [-0.15, -0.1) is 0 Å². The predicted octanol–water partition coefficient (Wildman–Crippen LogP) is 1.64. The number of halogens is 2. The third kappa shape index (κ3) is 2.51. The molecule has 14 heavy (non-hydrogen) atoms. The first-order valence-electron chi connectivity index (χ1n) is 4.09. The lowest BCUT2D eigenvalue weighted by atomic mass is 10.1. The van der Waals surface area contributed by atoms with Gasteiger partial charge in [0.25, 0.3) is 5.92 Å². The summed E-state index contributed by atoms with van der Waals surface area (Å²) in [5, 5.41) is 8.31. The Morgan fingerprint density at radius 2 is 2.36 bits per heavy atom. The minimum Gasteiger partial charge on any atom is -0.311 e. The number of alkyl halides is 2.